The minimum Gasteiger partial charge on any atom is -0.486 e. The number of amides is 2. The molecule has 0 aromatic heterocycles. The second-order valence-corrected chi connectivity index (χ2v) is 6.45. The van der Waals surface area contributed by atoms with Gasteiger partial charge in [0.1, 0.15) is 19.3 Å². The fourth-order valence-electron chi connectivity index (χ4n) is 2.65. The highest BCUT2D eigenvalue weighted by atomic mass is 16.6. The molecule has 0 radical (unpaired) electrons. The van der Waals surface area contributed by atoms with E-state index in [1.165, 1.54) is 18.2 Å². The van der Waals surface area contributed by atoms with Crippen LogP contribution in [0.2, 0.25) is 0 Å². The molecule has 31 heavy (non-hydrogen) atoms. The molecule has 1 aliphatic heterocycles. The number of esters is 1. The van der Waals surface area contributed by atoms with E-state index in [4.69, 9.17) is 14.2 Å². The van der Waals surface area contributed by atoms with Gasteiger partial charge in [-0.2, -0.15) is 0 Å². The fraction of sp³-hybridized carbons (Fsp3) is 0.250. The second kappa shape index (κ2) is 10.1. The number of fused-ring (bicyclic) bond motifs is 1. The Morgan fingerprint density at radius 1 is 1.10 bits per heavy atom. The van der Waals surface area contributed by atoms with Crippen LogP contribution in [0.4, 0.5) is 5.69 Å². The molecule has 162 valence electrons. The number of carbonyl (C=O) groups excluding carboxylic acids is 3. The number of rotatable bonds is 8. The summed E-state index contributed by atoms with van der Waals surface area (Å²) in [5.74, 6) is -0.842. The second-order valence-electron chi connectivity index (χ2n) is 6.45. The zero-order chi connectivity index (χ0) is 22.2. The molecule has 0 bridgehead atoms. The maximum absolute atomic E-state index is 12.0. The Morgan fingerprint density at radius 2 is 1.87 bits per heavy atom. The zero-order valence-electron chi connectivity index (χ0n) is 16.2. The predicted molar refractivity (Wildman–Crippen MR) is 106 cm³/mol. The van der Waals surface area contributed by atoms with Gasteiger partial charge in [0.25, 0.3) is 17.5 Å². The third kappa shape index (κ3) is 6.16. The number of hydrogen-bond donors (Lipinski definition) is 2. The highest BCUT2D eigenvalue weighted by molar-refractivity contribution is 5.96. The number of nitro benzene ring substituents is 1. The number of carbonyl (C=O) groups is 3. The van der Waals surface area contributed by atoms with E-state index in [0.29, 0.717) is 11.5 Å². The molecule has 1 unspecified atom stereocenters. The molecule has 2 amide bonds. The zero-order valence-corrected chi connectivity index (χ0v) is 16.2. The van der Waals surface area contributed by atoms with Crippen LogP contribution in [-0.4, -0.2) is 55.1 Å². The van der Waals surface area contributed by atoms with Crippen molar-refractivity contribution in [2.24, 2.45) is 0 Å². The van der Waals surface area contributed by atoms with Crippen LogP contribution in [0.5, 0.6) is 11.5 Å². The third-order valence-corrected chi connectivity index (χ3v) is 4.17. The summed E-state index contributed by atoms with van der Waals surface area (Å²) in [5.41, 5.74) is -0.223. The van der Waals surface area contributed by atoms with E-state index in [9.17, 15) is 24.5 Å². The Balaban J connectivity index is 1.35. The average Bonchev–Trinajstić information content (AvgIpc) is 2.79. The standard InChI is InChI=1S/C20H19N3O8/c24-18(21-9-15-11-29-16-6-1-2-7-17(16)31-15)12-30-19(25)10-22-20(26)13-4-3-5-14(8-13)23(27)28/h1-8,15H,9-12H2,(H,21,24)(H,22,26). The van der Waals surface area contributed by atoms with Crippen LogP contribution in [0.1, 0.15) is 10.4 Å². The molecule has 0 saturated carbocycles. The Labute approximate surface area is 176 Å². The summed E-state index contributed by atoms with van der Waals surface area (Å²) >= 11 is 0. The van der Waals surface area contributed by atoms with Crippen molar-refractivity contribution in [3.8, 4) is 11.5 Å². The molecule has 1 atom stereocenters. The average molecular weight is 429 g/mol. The molecule has 0 fully saturated rings. The Kier molecular flexibility index (Phi) is 6.99. The molecule has 11 nitrogen and oxygen atoms in total. The van der Waals surface area contributed by atoms with E-state index in [0.717, 1.165) is 6.07 Å². The van der Waals surface area contributed by atoms with Gasteiger partial charge in [0.05, 0.1) is 11.5 Å². The smallest absolute Gasteiger partial charge is 0.325 e. The number of para-hydroxylation sites is 2. The van der Waals surface area contributed by atoms with Crippen molar-refractivity contribution in [2.75, 3.05) is 26.3 Å². The lowest BCUT2D eigenvalue weighted by Crippen LogP contribution is -2.42. The van der Waals surface area contributed by atoms with Crippen LogP contribution in [0, 0.1) is 10.1 Å². The number of non-ortho nitro benzene ring substituents is 1. The molecule has 2 N–H and O–H groups in total. The largest absolute Gasteiger partial charge is 0.486 e. The molecule has 1 heterocycles. The highest BCUT2D eigenvalue weighted by Gasteiger charge is 2.21. The van der Waals surface area contributed by atoms with Gasteiger partial charge in [0.15, 0.2) is 18.1 Å². The van der Waals surface area contributed by atoms with E-state index in [1.54, 1.807) is 18.2 Å². The summed E-state index contributed by atoms with van der Waals surface area (Å²) in [4.78, 5) is 45.7. The first-order valence-electron chi connectivity index (χ1n) is 9.26. The van der Waals surface area contributed by atoms with Crippen molar-refractivity contribution in [3.05, 3.63) is 64.2 Å². The van der Waals surface area contributed by atoms with Gasteiger partial charge in [0.2, 0.25) is 0 Å². The van der Waals surface area contributed by atoms with Crippen LogP contribution in [-0.2, 0) is 14.3 Å². The van der Waals surface area contributed by atoms with Crippen molar-refractivity contribution in [1.29, 1.82) is 0 Å². The van der Waals surface area contributed by atoms with E-state index < -0.39 is 35.9 Å². The first-order chi connectivity index (χ1) is 14.9. The van der Waals surface area contributed by atoms with Gasteiger partial charge < -0.3 is 24.8 Å². The van der Waals surface area contributed by atoms with Gasteiger partial charge in [0, 0.05) is 17.7 Å². The Hall–Kier alpha value is -4.15. The molecular formula is C20H19N3O8. The SMILES string of the molecule is O=C(COC(=O)CNC(=O)c1cccc([N+](=O)[O-])c1)NCC1COc2ccccc2O1. The Morgan fingerprint density at radius 3 is 2.65 bits per heavy atom. The summed E-state index contributed by atoms with van der Waals surface area (Å²) in [7, 11) is 0. The van der Waals surface area contributed by atoms with Crippen LogP contribution < -0.4 is 20.1 Å². The number of nitro groups is 1. The topological polar surface area (TPSA) is 146 Å². The van der Waals surface area contributed by atoms with Gasteiger partial charge in [-0.25, -0.2) is 0 Å². The van der Waals surface area contributed by atoms with Crippen molar-refractivity contribution in [3.63, 3.8) is 0 Å². The van der Waals surface area contributed by atoms with Gasteiger partial charge in [-0.15, -0.1) is 0 Å². The summed E-state index contributed by atoms with van der Waals surface area (Å²) in [6, 6.07) is 12.2. The number of hydrogen-bond acceptors (Lipinski definition) is 8. The maximum Gasteiger partial charge on any atom is 0.325 e. The van der Waals surface area contributed by atoms with Gasteiger partial charge >= 0.3 is 5.97 Å². The third-order valence-electron chi connectivity index (χ3n) is 4.17. The first kappa shape index (κ1) is 21.6. The highest BCUT2D eigenvalue weighted by Crippen LogP contribution is 2.30. The lowest BCUT2D eigenvalue weighted by molar-refractivity contribution is -0.384. The summed E-state index contributed by atoms with van der Waals surface area (Å²) in [6.45, 7) is -0.601. The molecule has 11 heteroatoms. The van der Waals surface area contributed by atoms with Crippen LogP contribution in [0.25, 0.3) is 0 Å². The summed E-state index contributed by atoms with van der Waals surface area (Å²) in [5, 5.41) is 15.6. The van der Waals surface area contributed by atoms with E-state index >= 15 is 0 Å². The molecule has 1 aliphatic rings. The molecule has 0 saturated heterocycles. The van der Waals surface area contributed by atoms with Crippen LogP contribution >= 0.6 is 0 Å². The molecule has 3 rings (SSSR count). The summed E-state index contributed by atoms with van der Waals surface area (Å²) in [6.07, 6.45) is -0.385. The maximum atomic E-state index is 12.0. The van der Waals surface area contributed by atoms with Crippen LogP contribution in [0.15, 0.2) is 48.5 Å². The van der Waals surface area contributed by atoms with Crippen molar-refractivity contribution in [2.45, 2.75) is 6.10 Å². The van der Waals surface area contributed by atoms with Crippen molar-refractivity contribution >= 4 is 23.5 Å². The number of benzene rings is 2. The number of nitrogens with zero attached hydrogens (tertiary/aromatic N) is 1. The Bertz CT molecular complexity index is 994. The van der Waals surface area contributed by atoms with Crippen molar-refractivity contribution < 1.29 is 33.5 Å². The minimum atomic E-state index is -0.833. The van der Waals surface area contributed by atoms with E-state index in [2.05, 4.69) is 10.6 Å². The summed E-state index contributed by atoms with van der Waals surface area (Å²) < 4.78 is 16.0. The lowest BCUT2D eigenvalue weighted by atomic mass is 10.2. The quantitative estimate of drug-likeness (QED) is 0.356. The first-order valence-corrected chi connectivity index (χ1v) is 9.26. The van der Waals surface area contributed by atoms with Gasteiger partial charge in [-0.3, -0.25) is 24.5 Å². The monoisotopic (exact) mass is 429 g/mol. The molecule has 2 aromatic rings. The number of ether oxygens (including phenoxy) is 3. The molecule has 2 aromatic carbocycles. The molecule has 0 spiro atoms. The number of nitrogens with one attached hydrogen (secondary N) is 2. The normalized spacial score (nSPS) is 14.3. The minimum absolute atomic E-state index is 0.0241. The van der Waals surface area contributed by atoms with Crippen molar-refractivity contribution in [1.82, 2.24) is 10.6 Å². The van der Waals surface area contributed by atoms with Gasteiger partial charge in [-0.1, -0.05) is 18.2 Å². The lowest BCUT2D eigenvalue weighted by Gasteiger charge is -2.26. The fourth-order valence-corrected chi connectivity index (χ4v) is 2.65. The van der Waals surface area contributed by atoms with E-state index in [-0.39, 0.29) is 30.5 Å². The molecular weight excluding hydrogens is 410 g/mol. The predicted octanol–water partition coefficient (Wildman–Crippen LogP) is 0.824. The van der Waals surface area contributed by atoms with Crippen LogP contribution in [0.3, 0.4) is 0 Å². The van der Waals surface area contributed by atoms with E-state index in [1.807, 2.05) is 6.07 Å². The van der Waals surface area contributed by atoms with Gasteiger partial charge in [-0.05, 0) is 18.2 Å². The molecule has 0 aliphatic carbocycles.